The Balaban J connectivity index is 1.56. The molecule has 7 heteroatoms. The molecule has 5 rings (SSSR count). The number of hydrogen-bond acceptors (Lipinski definition) is 6. The molecular weight excluding hydrogens is 418 g/mol. The van der Waals surface area contributed by atoms with Crippen LogP contribution in [0.3, 0.4) is 0 Å². The Hall–Kier alpha value is -3.45. The Bertz CT molecular complexity index is 1400. The van der Waals surface area contributed by atoms with Gasteiger partial charge in [-0.25, -0.2) is 15.0 Å². The molecule has 5 aromatic rings. The van der Waals surface area contributed by atoms with E-state index in [1.165, 1.54) is 15.6 Å². The number of anilines is 1. The summed E-state index contributed by atoms with van der Waals surface area (Å²) in [4.78, 5) is 14.5. The second-order valence-electron chi connectivity index (χ2n) is 8.25. The van der Waals surface area contributed by atoms with E-state index in [0.29, 0.717) is 12.4 Å². The Morgan fingerprint density at radius 2 is 1.91 bits per heavy atom. The van der Waals surface area contributed by atoms with Gasteiger partial charge in [-0.05, 0) is 56.5 Å². The molecule has 0 radical (unpaired) electrons. The van der Waals surface area contributed by atoms with Crippen LogP contribution in [0.5, 0.6) is 5.75 Å². The van der Waals surface area contributed by atoms with Gasteiger partial charge in [0.1, 0.15) is 11.3 Å². The maximum atomic E-state index is 9.50. The van der Waals surface area contributed by atoms with Gasteiger partial charge in [0.15, 0.2) is 17.3 Å². The Morgan fingerprint density at radius 3 is 2.69 bits per heavy atom. The summed E-state index contributed by atoms with van der Waals surface area (Å²) >= 11 is 1.72. The molecule has 0 saturated carbocycles. The fraction of sp³-hybridized carbons (Fsp3) is 0.240. The van der Waals surface area contributed by atoms with Crippen LogP contribution in [0.15, 0.2) is 54.2 Å². The predicted molar refractivity (Wildman–Crippen MR) is 132 cm³/mol. The highest BCUT2D eigenvalue weighted by molar-refractivity contribution is 7.17. The molecule has 3 aromatic heterocycles. The van der Waals surface area contributed by atoms with E-state index in [9.17, 15) is 5.11 Å². The van der Waals surface area contributed by atoms with Crippen LogP contribution in [0.1, 0.15) is 31.0 Å². The number of nitrogens with zero attached hydrogens (tertiary/aromatic N) is 4. The van der Waals surface area contributed by atoms with E-state index in [1.54, 1.807) is 23.5 Å². The van der Waals surface area contributed by atoms with Crippen molar-refractivity contribution < 1.29 is 5.11 Å². The number of phenols is 1. The molecule has 162 valence electrons. The van der Waals surface area contributed by atoms with E-state index in [1.807, 2.05) is 18.5 Å². The molecule has 0 atom stereocenters. The SMILES string of the molecule is Cc1cccc2scc(-c3nc(NCCc4ccc(O)cc4)c4ncn(C(C)C)c4n3)c12. The van der Waals surface area contributed by atoms with Crippen molar-refractivity contribution in [3.05, 3.63) is 65.3 Å². The number of thiophene rings is 1. The lowest BCUT2D eigenvalue weighted by Gasteiger charge is -2.11. The number of benzene rings is 2. The van der Waals surface area contributed by atoms with Crippen molar-refractivity contribution in [2.24, 2.45) is 0 Å². The summed E-state index contributed by atoms with van der Waals surface area (Å²) in [6.07, 6.45) is 2.66. The number of nitrogens with one attached hydrogen (secondary N) is 1. The predicted octanol–water partition coefficient (Wildman–Crippen LogP) is 5.96. The molecule has 0 aliphatic heterocycles. The van der Waals surface area contributed by atoms with Gasteiger partial charge in [0.05, 0.1) is 6.33 Å². The van der Waals surface area contributed by atoms with Crippen molar-refractivity contribution in [3.8, 4) is 17.1 Å². The second-order valence-corrected chi connectivity index (χ2v) is 9.17. The van der Waals surface area contributed by atoms with Gasteiger partial charge in [-0.1, -0.05) is 24.3 Å². The third-order valence-corrected chi connectivity index (χ3v) is 6.62. The average Bonchev–Trinajstić information content (AvgIpc) is 3.40. The van der Waals surface area contributed by atoms with E-state index in [4.69, 9.17) is 9.97 Å². The highest BCUT2D eigenvalue weighted by Crippen LogP contribution is 2.36. The van der Waals surface area contributed by atoms with Crippen molar-refractivity contribution in [2.45, 2.75) is 33.2 Å². The van der Waals surface area contributed by atoms with Crippen molar-refractivity contribution >= 4 is 38.4 Å². The lowest BCUT2D eigenvalue weighted by molar-refractivity contribution is 0.475. The number of aromatic nitrogens is 4. The summed E-state index contributed by atoms with van der Waals surface area (Å²) < 4.78 is 3.33. The fourth-order valence-corrected chi connectivity index (χ4v) is 4.97. The molecule has 0 aliphatic rings. The van der Waals surface area contributed by atoms with Crippen LogP contribution in [-0.4, -0.2) is 31.2 Å². The van der Waals surface area contributed by atoms with Crippen molar-refractivity contribution in [3.63, 3.8) is 0 Å². The molecule has 0 amide bonds. The minimum Gasteiger partial charge on any atom is -0.508 e. The zero-order chi connectivity index (χ0) is 22.2. The number of aromatic hydroxyl groups is 1. The zero-order valence-electron chi connectivity index (χ0n) is 18.3. The van der Waals surface area contributed by atoms with E-state index < -0.39 is 0 Å². The van der Waals surface area contributed by atoms with Gasteiger partial charge in [0, 0.05) is 33.6 Å². The van der Waals surface area contributed by atoms with Gasteiger partial charge in [-0.15, -0.1) is 11.3 Å². The van der Waals surface area contributed by atoms with Crippen LogP contribution in [0.25, 0.3) is 32.6 Å². The van der Waals surface area contributed by atoms with Gasteiger partial charge in [0.25, 0.3) is 0 Å². The minimum atomic E-state index is 0.244. The van der Waals surface area contributed by atoms with Gasteiger partial charge in [0.2, 0.25) is 0 Å². The molecule has 2 N–H and O–H groups in total. The number of imidazole rings is 1. The van der Waals surface area contributed by atoms with Gasteiger partial charge >= 0.3 is 0 Å². The summed E-state index contributed by atoms with van der Waals surface area (Å²) in [5.41, 5.74) is 5.05. The molecule has 0 saturated heterocycles. The lowest BCUT2D eigenvalue weighted by atomic mass is 10.1. The smallest absolute Gasteiger partial charge is 0.166 e. The molecule has 2 aromatic carbocycles. The monoisotopic (exact) mass is 443 g/mol. The van der Waals surface area contributed by atoms with E-state index >= 15 is 0 Å². The van der Waals surface area contributed by atoms with Gasteiger partial charge in [-0.3, -0.25) is 0 Å². The van der Waals surface area contributed by atoms with Crippen molar-refractivity contribution in [2.75, 3.05) is 11.9 Å². The van der Waals surface area contributed by atoms with Crippen LogP contribution in [0, 0.1) is 6.92 Å². The third kappa shape index (κ3) is 3.69. The molecular formula is C25H25N5OS. The van der Waals surface area contributed by atoms with E-state index in [-0.39, 0.29) is 11.8 Å². The Kier molecular flexibility index (Phi) is 5.27. The fourth-order valence-electron chi connectivity index (χ4n) is 3.96. The van der Waals surface area contributed by atoms with Gasteiger partial charge < -0.3 is 15.0 Å². The number of hydrogen-bond donors (Lipinski definition) is 2. The lowest BCUT2D eigenvalue weighted by Crippen LogP contribution is -2.09. The molecule has 0 fully saturated rings. The first kappa shape index (κ1) is 20.5. The molecule has 0 spiro atoms. The number of rotatable bonds is 6. The van der Waals surface area contributed by atoms with Crippen LogP contribution < -0.4 is 5.32 Å². The van der Waals surface area contributed by atoms with Crippen LogP contribution >= 0.6 is 11.3 Å². The molecule has 32 heavy (non-hydrogen) atoms. The largest absolute Gasteiger partial charge is 0.508 e. The minimum absolute atomic E-state index is 0.244. The van der Waals surface area contributed by atoms with Gasteiger partial charge in [-0.2, -0.15) is 0 Å². The quantitative estimate of drug-likeness (QED) is 0.339. The van der Waals surface area contributed by atoms with E-state index in [2.05, 4.69) is 59.2 Å². The molecule has 0 unspecified atom stereocenters. The summed E-state index contributed by atoms with van der Waals surface area (Å²) in [5, 5.41) is 16.3. The Labute approximate surface area is 190 Å². The average molecular weight is 444 g/mol. The normalized spacial score (nSPS) is 11.6. The maximum absolute atomic E-state index is 9.50. The first-order valence-electron chi connectivity index (χ1n) is 10.7. The number of aryl methyl sites for hydroxylation is 1. The highest BCUT2D eigenvalue weighted by Gasteiger charge is 2.18. The van der Waals surface area contributed by atoms with Crippen LogP contribution in [-0.2, 0) is 6.42 Å². The Morgan fingerprint density at radius 1 is 1.09 bits per heavy atom. The van der Waals surface area contributed by atoms with Crippen LogP contribution in [0.2, 0.25) is 0 Å². The third-order valence-electron chi connectivity index (χ3n) is 5.67. The maximum Gasteiger partial charge on any atom is 0.166 e. The first-order valence-corrected chi connectivity index (χ1v) is 11.6. The van der Waals surface area contributed by atoms with E-state index in [0.717, 1.165) is 34.5 Å². The summed E-state index contributed by atoms with van der Waals surface area (Å²) in [6.45, 7) is 7.09. The zero-order valence-corrected chi connectivity index (χ0v) is 19.1. The number of fused-ring (bicyclic) bond motifs is 2. The summed E-state index contributed by atoms with van der Waals surface area (Å²) in [5.74, 6) is 1.74. The highest BCUT2D eigenvalue weighted by atomic mass is 32.1. The molecule has 3 heterocycles. The first-order chi connectivity index (χ1) is 15.5. The second kappa shape index (κ2) is 8.24. The topological polar surface area (TPSA) is 75.9 Å². The molecule has 0 aliphatic carbocycles. The summed E-state index contributed by atoms with van der Waals surface area (Å²) in [7, 11) is 0. The standard InChI is InChI=1S/C25H25N5OS/c1-15(2)30-14-27-22-24(26-12-11-17-7-9-18(31)10-8-17)28-23(29-25(22)30)19-13-32-20-6-4-5-16(3)21(19)20/h4-10,13-15,31H,11-12H2,1-3H3,(H,26,28,29). The van der Waals surface area contributed by atoms with Crippen LogP contribution in [0.4, 0.5) is 5.82 Å². The number of phenolic OH excluding ortho intramolecular Hbond substituents is 1. The molecule has 0 bridgehead atoms. The van der Waals surface area contributed by atoms with Crippen molar-refractivity contribution in [1.29, 1.82) is 0 Å². The molecule has 6 nitrogen and oxygen atoms in total. The summed E-state index contributed by atoms with van der Waals surface area (Å²) in [6, 6.07) is 13.9. The van der Waals surface area contributed by atoms with Crippen molar-refractivity contribution in [1.82, 2.24) is 19.5 Å².